The van der Waals surface area contributed by atoms with Gasteiger partial charge in [-0.2, -0.15) is 0 Å². The first-order valence-electron chi connectivity index (χ1n) is 16.1. The van der Waals surface area contributed by atoms with Crippen molar-refractivity contribution in [1.82, 2.24) is 0 Å². The van der Waals surface area contributed by atoms with E-state index >= 15 is 0 Å². The van der Waals surface area contributed by atoms with E-state index in [1.165, 1.54) is 49.6 Å². The van der Waals surface area contributed by atoms with E-state index in [0.29, 0.717) is 0 Å². The van der Waals surface area contributed by atoms with E-state index in [-0.39, 0.29) is 0 Å². The number of para-hydroxylation sites is 2. The Kier molecular flexibility index (Phi) is 7.45. The van der Waals surface area contributed by atoms with Crippen LogP contribution in [0.4, 0.5) is 34.1 Å². The Morgan fingerprint density at radius 2 is 0.766 bits per heavy atom. The number of benzene rings is 8. The SMILES string of the molecule is Cc1cc(-c2ccc(N(c3ccccc3)c3cccc4ccccc34)cc2)ccc1N(c1ccccc1)c1cccc2ccccc12. The van der Waals surface area contributed by atoms with Crippen molar-refractivity contribution < 1.29 is 0 Å². The zero-order valence-electron chi connectivity index (χ0n) is 26.3. The second-order valence-electron chi connectivity index (χ2n) is 11.9. The normalized spacial score (nSPS) is 11.1. The predicted octanol–water partition coefficient (Wildman–Crippen LogP) is 12.9. The van der Waals surface area contributed by atoms with Gasteiger partial charge in [-0.1, -0.05) is 127 Å². The third-order valence-corrected chi connectivity index (χ3v) is 8.94. The Bertz CT molecular complexity index is 2300. The van der Waals surface area contributed by atoms with Gasteiger partial charge in [0.2, 0.25) is 0 Å². The number of aryl methyl sites for hydroxylation is 1. The summed E-state index contributed by atoms with van der Waals surface area (Å²) in [6, 6.07) is 67.3. The molecule has 47 heavy (non-hydrogen) atoms. The first-order valence-corrected chi connectivity index (χ1v) is 16.1. The van der Waals surface area contributed by atoms with Crippen LogP contribution in [0.25, 0.3) is 32.7 Å². The Hall–Kier alpha value is -6.12. The maximum atomic E-state index is 2.38. The third-order valence-electron chi connectivity index (χ3n) is 8.94. The van der Waals surface area contributed by atoms with Crippen molar-refractivity contribution in [2.24, 2.45) is 0 Å². The summed E-state index contributed by atoms with van der Waals surface area (Å²) >= 11 is 0. The molecule has 0 heterocycles. The predicted molar refractivity (Wildman–Crippen MR) is 201 cm³/mol. The molecule has 8 aromatic carbocycles. The minimum atomic E-state index is 1.12. The van der Waals surface area contributed by atoms with Crippen LogP contribution < -0.4 is 9.80 Å². The molecule has 0 spiro atoms. The van der Waals surface area contributed by atoms with Crippen molar-refractivity contribution in [2.45, 2.75) is 6.92 Å². The Morgan fingerprint density at radius 3 is 1.34 bits per heavy atom. The van der Waals surface area contributed by atoms with Crippen LogP contribution in [0, 0.1) is 6.92 Å². The molecule has 0 amide bonds. The van der Waals surface area contributed by atoms with Gasteiger partial charge in [0.25, 0.3) is 0 Å². The maximum absolute atomic E-state index is 2.38. The van der Waals surface area contributed by atoms with Crippen LogP contribution >= 0.6 is 0 Å². The number of nitrogens with zero attached hydrogens (tertiary/aromatic N) is 2. The van der Waals surface area contributed by atoms with Crippen LogP contribution in [0.5, 0.6) is 0 Å². The number of hydrogen-bond donors (Lipinski definition) is 0. The Balaban J connectivity index is 1.18. The fourth-order valence-electron chi connectivity index (χ4n) is 6.68. The smallest absolute Gasteiger partial charge is 0.0540 e. The van der Waals surface area contributed by atoms with Gasteiger partial charge >= 0.3 is 0 Å². The molecule has 8 aromatic rings. The van der Waals surface area contributed by atoms with Gasteiger partial charge in [-0.05, 0) is 95.1 Å². The molecule has 2 heteroatoms. The van der Waals surface area contributed by atoms with Crippen molar-refractivity contribution in [3.05, 3.63) is 194 Å². The van der Waals surface area contributed by atoms with Gasteiger partial charge in [-0.25, -0.2) is 0 Å². The highest BCUT2D eigenvalue weighted by atomic mass is 15.1. The van der Waals surface area contributed by atoms with Gasteiger partial charge in [0.15, 0.2) is 0 Å². The van der Waals surface area contributed by atoms with E-state index in [9.17, 15) is 0 Å². The molecular weight excluding hydrogens is 569 g/mol. The molecule has 224 valence electrons. The standard InChI is InChI=1S/C45H34N2/c1-33-32-37(28-31-43(33)47(39-20-6-3-7-21-39)45-25-13-17-36-15-9-11-23-42(36)45)34-26-29-40(30-27-34)46(38-18-4-2-5-19-38)44-24-12-16-35-14-8-10-22-41(35)44/h2-32H,1H3. The number of rotatable bonds is 7. The van der Waals surface area contributed by atoms with Crippen LogP contribution in [0.3, 0.4) is 0 Å². The highest BCUT2D eigenvalue weighted by Crippen LogP contribution is 2.42. The topological polar surface area (TPSA) is 6.48 Å². The van der Waals surface area contributed by atoms with E-state index in [1.807, 2.05) is 0 Å². The molecule has 0 bridgehead atoms. The Morgan fingerprint density at radius 1 is 0.319 bits per heavy atom. The molecule has 0 fully saturated rings. The summed E-state index contributed by atoms with van der Waals surface area (Å²) in [5.41, 5.74) is 10.5. The van der Waals surface area contributed by atoms with E-state index < -0.39 is 0 Å². The Labute approximate surface area is 276 Å². The molecule has 0 saturated carbocycles. The van der Waals surface area contributed by atoms with E-state index in [0.717, 1.165) is 22.7 Å². The van der Waals surface area contributed by atoms with Gasteiger partial charge in [-0.3, -0.25) is 0 Å². The van der Waals surface area contributed by atoms with Crippen molar-refractivity contribution >= 4 is 55.7 Å². The van der Waals surface area contributed by atoms with E-state index in [4.69, 9.17) is 0 Å². The lowest BCUT2D eigenvalue weighted by Crippen LogP contribution is -2.11. The molecule has 0 aliphatic heterocycles. The summed E-state index contributed by atoms with van der Waals surface area (Å²) in [5, 5.41) is 4.91. The minimum Gasteiger partial charge on any atom is -0.310 e. The van der Waals surface area contributed by atoms with Gasteiger partial charge in [0, 0.05) is 33.5 Å². The third kappa shape index (κ3) is 5.41. The minimum absolute atomic E-state index is 1.12. The molecule has 0 atom stereocenters. The van der Waals surface area contributed by atoms with Gasteiger partial charge in [0.05, 0.1) is 11.4 Å². The van der Waals surface area contributed by atoms with E-state index in [1.54, 1.807) is 0 Å². The molecule has 8 rings (SSSR count). The van der Waals surface area contributed by atoms with Crippen molar-refractivity contribution in [1.29, 1.82) is 0 Å². The zero-order valence-corrected chi connectivity index (χ0v) is 26.3. The fraction of sp³-hybridized carbons (Fsp3) is 0.0222. The van der Waals surface area contributed by atoms with Crippen LogP contribution in [0.1, 0.15) is 5.56 Å². The monoisotopic (exact) mass is 602 g/mol. The largest absolute Gasteiger partial charge is 0.310 e. The van der Waals surface area contributed by atoms with E-state index in [2.05, 4.69) is 205 Å². The molecule has 0 aliphatic carbocycles. The fourth-order valence-corrected chi connectivity index (χ4v) is 6.68. The van der Waals surface area contributed by atoms with Gasteiger partial charge in [0.1, 0.15) is 0 Å². The second kappa shape index (κ2) is 12.3. The number of anilines is 6. The summed E-state index contributed by atoms with van der Waals surface area (Å²) in [6.45, 7) is 2.21. The number of hydrogen-bond acceptors (Lipinski definition) is 2. The molecule has 0 aliphatic rings. The van der Waals surface area contributed by atoms with Crippen molar-refractivity contribution in [3.8, 4) is 11.1 Å². The van der Waals surface area contributed by atoms with Crippen LogP contribution in [0.2, 0.25) is 0 Å². The van der Waals surface area contributed by atoms with Crippen LogP contribution in [-0.4, -0.2) is 0 Å². The molecule has 0 N–H and O–H groups in total. The summed E-state index contributed by atoms with van der Waals surface area (Å²) in [7, 11) is 0. The summed E-state index contributed by atoms with van der Waals surface area (Å²) < 4.78 is 0. The van der Waals surface area contributed by atoms with Crippen molar-refractivity contribution in [3.63, 3.8) is 0 Å². The summed E-state index contributed by atoms with van der Waals surface area (Å²) in [4.78, 5) is 4.73. The first-order chi connectivity index (χ1) is 23.2. The van der Waals surface area contributed by atoms with Crippen LogP contribution in [-0.2, 0) is 0 Å². The summed E-state index contributed by atoms with van der Waals surface area (Å²) in [5.74, 6) is 0. The van der Waals surface area contributed by atoms with Gasteiger partial charge < -0.3 is 9.80 Å². The van der Waals surface area contributed by atoms with Crippen molar-refractivity contribution in [2.75, 3.05) is 9.80 Å². The molecular formula is C45H34N2. The molecule has 0 radical (unpaired) electrons. The number of fused-ring (bicyclic) bond motifs is 2. The average molecular weight is 603 g/mol. The molecule has 0 unspecified atom stereocenters. The average Bonchev–Trinajstić information content (AvgIpc) is 3.14. The highest BCUT2D eigenvalue weighted by molar-refractivity contribution is 6.00. The quantitative estimate of drug-likeness (QED) is 0.179. The molecule has 0 saturated heterocycles. The lowest BCUT2D eigenvalue weighted by molar-refractivity contribution is 1.26. The second-order valence-corrected chi connectivity index (χ2v) is 11.9. The highest BCUT2D eigenvalue weighted by Gasteiger charge is 2.18. The maximum Gasteiger partial charge on any atom is 0.0540 e. The molecule has 2 nitrogen and oxygen atoms in total. The lowest BCUT2D eigenvalue weighted by atomic mass is 10.00. The lowest BCUT2D eigenvalue weighted by Gasteiger charge is -2.28. The van der Waals surface area contributed by atoms with Gasteiger partial charge in [-0.15, -0.1) is 0 Å². The van der Waals surface area contributed by atoms with Crippen LogP contribution in [0.15, 0.2) is 188 Å². The molecule has 0 aromatic heterocycles. The first kappa shape index (κ1) is 28.4. The summed E-state index contributed by atoms with van der Waals surface area (Å²) in [6.07, 6.45) is 0. The zero-order chi connectivity index (χ0) is 31.6.